The van der Waals surface area contributed by atoms with Crippen molar-refractivity contribution in [3.63, 3.8) is 0 Å². The third-order valence-electron chi connectivity index (χ3n) is 6.07. The molecule has 0 aliphatic carbocycles. The van der Waals surface area contributed by atoms with Gasteiger partial charge in [-0.2, -0.15) is 4.98 Å². The monoisotopic (exact) mass is 391 g/mol. The Hall–Kier alpha value is -2.40. The second-order valence-electron chi connectivity index (χ2n) is 8.44. The van der Waals surface area contributed by atoms with Crippen LogP contribution < -0.4 is 9.80 Å². The lowest BCUT2D eigenvalue weighted by atomic mass is 9.99. The van der Waals surface area contributed by atoms with Crippen molar-refractivity contribution < 1.29 is 0 Å². The van der Waals surface area contributed by atoms with E-state index in [2.05, 4.69) is 77.1 Å². The molecule has 0 amide bonds. The third kappa shape index (κ3) is 5.36. The molecule has 5 heteroatoms. The van der Waals surface area contributed by atoms with Gasteiger partial charge < -0.3 is 9.80 Å². The Labute approximate surface area is 175 Å². The quantitative estimate of drug-likeness (QED) is 0.773. The van der Waals surface area contributed by atoms with Crippen LogP contribution in [0.2, 0.25) is 0 Å². The first-order chi connectivity index (χ1) is 14.2. The van der Waals surface area contributed by atoms with Crippen LogP contribution >= 0.6 is 0 Å². The van der Waals surface area contributed by atoms with Crippen LogP contribution in [0.1, 0.15) is 31.0 Å². The summed E-state index contributed by atoms with van der Waals surface area (Å²) in [5.41, 5.74) is 2.33. The molecule has 0 N–H and O–H groups in total. The minimum absolute atomic E-state index is 0.831. The minimum Gasteiger partial charge on any atom is -0.356 e. The molecule has 2 fully saturated rings. The number of rotatable bonds is 5. The van der Waals surface area contributed by atoms with Crippen LogP contribution in [0.15, 0.2) is 42.5 Å². The number of aromatic nitrogens is 2. The lowest BCUT2D eigenvalue weighted by Crippen LogP contribution is -2.47. The number of anilines is 2. The first kappa shape index (κ1) is 19.9. The first-order valence-electron chi connectivity index (χ1n) is 11.0. The van der Waals surface area contributed by atoms with Crippen LogP contribution in [0.4, 0.5) is 11.8 Å². The topological polar surface area (TPSA) is 35.5 Å². The predicted octanol–water partition coefficient (Wildman–Crippen LogP) is 3.86. The molecule has 0 atom stereocenters. The van der Waals surface area contributed by atoms with E-state index < -0.39 is 0 Å². The number of piperidine rings is 1. The van der Waals surface area contributed by atoms with Crippen molar-refractivity contribution in [1.29, 1.82) is 0 Å². The molecule has 0 radical (unpaired) electrons. The molecule has 4 rings (SSSR count). The van der Waals surface area contributed by atoms with Gasteiger partial charge in [0, 0.05) is 57.6 Å². The highest BCUT2D eigenvalue weighted by Crippen LogP contribution is 2.24. The zero-order chi connectivity index (χ0) is 20.1. The van der Waals surface area contributed by atoms with Crippen LogP contribution in [0.5, 0.6) is 0 Å². The molecule has 0 bridgehead atoms. The maximum atomic E-state index is 4.94. The Balaban J connectivity index is 1.33. The van der Waals surface area contributed by atoms with E-state index in [1.54, 1.807) is 0 Å². The molecule has 0 spiro atoms. The molecule has 29 heavy (non-hydrogen) atoms. The van der Waals surface area contributed by atoms with Crippen LogP contribution in [0.25, 0.3) is 6.08 Å². The Morgan fingerprint density at radius 1 is 0.931 bits per heavy atom. The fraction of sp³-hybridized carbons (Fsp3) is 0.500. The summed E-state index contributed by atoms with van der Waals surface area (Å²) in [6.07, 6.45) is 6.99. The van der Waals surface area contributed by atoms with E-state index in [4.69, 9.17) is 9.97 Å². The molecule has 1 aromatic carbocycles. The number of hydrogen-bond donors (Lipinski definition) is 0. The molecule has 2 aromatic rings. The molecule has 3 heterocycles. The summed E-state index contributed by atoms with van der Waals surface area (Å²) in [6, 6.07) is 12.7. The van der Waals surface area contributed by atoms with Crippen molar-refractivity contribution in [1.82, 2.24) is 14.9 Å². The predicted molar refractivity (Wildman–Crippen MR) is 122 cm³/mol. The molecule has 5 nitrogen and oxygen atoms in total. The lowest BCUT2D eigenvalue weighted by Gasteiger charge is -2.35. The van der Waals surface area contributed by atoms with Crippen molar-refractivity contribution in [2.75, 3.05) is 55.6 Å². The van der Waals surface area contributed by atoms with Crippen molar-refractivity contribution in [3.05, 3.63) is 53.7 Å². The molecular formula is C24H33N5. The van der Waals surface area contributed by atoms with Gasteiger partial charge in [0.15, 0.2) is 0 Å². The van der Waals surface area contributed by atoms with Crippen LogP contribution in [-0.4, -0.2) is 60.7 Å². The van der Waals surface area contributed by atoms with E-state index >= 15 is 0 Å². The van der Waals surface area contributed by atoms with E-state index in [-0.39, 0.29) is 0 Å². The largest absolute Gasteiger partial charge is 0.356 e. The zero-order valence-corrected chi connectivity index (χ0v) is 17.8. The molecule has 0 saturated carbocycles. The highest BCUT2D eigenvalue weighted by molar-refractivity contribution is 5.49. The van der Waals surface area contributed by atoms with E-state index in [0.717, 1.165) is 69.2 Å². The summed E-state index contributed by atoms with van der Waals surface area (Å²) < 4.78 is 0. The number of piperazine rings is 1. The summed E-state index contributed by atoms with van der Waals surface area (Å²) in [4.78, 5) is 17.0. The second kappa shape index (κ2) is 9.40. The number of hydrogen-bond acceptors (Lipinski definition) is 5. The van der Waals surface area contributed by atoms with Gasteiger partial charge in [-0.1, -0.05) is 49.4 Å². The Kier molecular flexibility index (Phi) is 6.45. The molecular weight excluding hydrogens is 358 g/mol. The first-order valence-corrected chi connectivity index (χ1v) is 11.0. The molecule has 154 valence electrons. The summed E-state index contributed by atoms with van der Waals surface area (Å²) in [7, 11) is 0. The Morgan fingerprint density at radius 3 is 2.38 bits per heavy atom. The van der Waals surface area contributed by atoms with E-state index in [1.165, 1.54) is 18.4 Å². The summed E-state index contributed by atoms with van der Waals surface area (Å²) in [6.45, 7) is 11.7. The van der Waals surface area contributed by atoms with Gasteiger partial charge in [0.05, 0.1) is 0 Å². The number of nitrogens with zero attached hydrogens (tertiary/aromatic N) is 5. The van der Waals surface area contributed by atoms with Gasteiger partial charge in [-0.3, -0.25) is 4.90 Å². The van der Waals surface area contributed by atoms with Crippen molar-refractivity contribution >= 4 is 17.8 Å². The Bertz CT molecular complexity index is 803. The molecule has 2 aliphatic rings. The van der Waals surface area contributed by atoms with Gasteiger partial charge in [0.25, 0.3) is 0 Å². The average molecular weight is 392 g/mol. The van der Waals surface area contributed by atoms with Crippen LogP contribution in [-0.2, 0) is 0 Å². The fourth-order valence-electron chi connectivity index (χ4n) is 4.11. The van der Waals surface area contributed by atoms with Gasteiger partial charge in [0.2, 0.25) is 5.95 Å². The lowest BCUT2D eigenvalue weighted by molar-refractivity contribution is 0.283. The molecule has 2 saturated heterocycles. The maximum Gasteiger partial charge on any atom is 0.227 e. The molecule has 1 aromatic heterocycles. The van der Waals surface area contributed by atoms with E-state index in [9.17, 15) is 0 Å². The van der Waals surface area contributed by atoms with Crippen molar-refractivity contribution in [3.8, 4) is 0 Å². The third-order valence-corrected chi connectivity index (χ3v) is 6.07. The van der Waals surface area contributed by atoms with Crippen LogP contribution in [0, 0.1) is 12.8 Å². The zero-order valence-electron chi connectivity index (χ0n) is 17.8. The molecule has 0 unspecified atom stereocenters. The second-order valence-corrected chi connectivity index (χ2v) is 8.44. The number of aryl methyl sites for hydroxylation is 1. The SMILES string of the molecule is Cc1cc(N2CCC(C)CC2)nc(N2CCN(C/C=C/c3ccccc3)CC2)n1. The van der Waals surface area contributed by atoms with Gasteiger partial charge in [-0.25, -0.2) is 4.98 Å². The highest BCUT2D eigenvalue weighted by atomic mass is 15.3. The standard InChI is InChI=1S/C24H33N5/c1-20-10-13-28(14-11-20)23-19-21(2)25-24(26-23)29-17-15-27(16-18-29)12-6-9-22-7-4-3-5-8-22/h3-9,19-20H,10-18H2,1-2H3/b9-6+. The Morgan fingerprint density at radius 2 is 1.66 bits per heavy atom. The summed E-state index contributed by atoms with van der Waals surface area (Å²) in [5.74, 6) is 2.84. The van der Waals surface area contributed by atoms with Gasteiger partial charge in [-0.05, 0) is 31.2 Å². The summed E-state index contributed by atoms with van der Waals surface area (Å²) >= 11 is 0. The normalized spacial score (nSPS) is 19.2. The summed E-state index contributed by atoms with van der Waals surface area (Å²) in [5, 5.41) is 0. The highest BCUT2D eigenvalue weighted by Gasteiger charge is 2.22. The molecule has 2 aliphatic heterocycles. The van der Waals surface area contributed by atoms with Crippen molar-refractivity contribution in [2.45, 2.75) is 26.7 Å². The minimum atomic E-state index is 0.831. The van der Waals surface area contributed by atoms with Gasteiger partial charge in [-0.15, -0.1) is 0 Å². The van der Waals surface area contributed by atoms with Gasteiger partial charge in [0.1, 0.15) is 5.82 Å². The smallest absolute Gasteiger partial charge is 0.227 e. The van der Waals surface area contributed by atoms with Crippen molar-refractivity contribution in [2.24, 2.45) is 5.92 Å². The van der Waals surface area contributed by atoms with E-state index in [0.29, 0.717) is 0 Å². The van der Waals surface area contributed by atoms with Gasteiger partial charge >= 0.3 is 0 Å². The number of benzene rings is 1. The average Bonchev–Trinajstić information content (AvgIpc) is 2.75. The fourth-order valence-corrected chi connectivity index (χ4v) is 4.11. The van der Waals surface area contributed by atoms with Crippen LogP contribution in [0.3, 0.4) is 0 Å². The maximum absolute atomic E-state index is 4.94. The van der Waals surface area contributed by atoms with E-state index in [1.807, 2.05) is 0 Å².